The number of nitrogens with zero attached hydrogens (tertiary/aromatic N) is 2. The lowest BCUT2D eigenvalue weighted by Gasteiger charge is -2.00. The topological polar surface area (TPSA) is 44.1 Å². The maximum Gasteiger partial charge on any atom is 0.299 e. The fraction of sp³-hybridized carbons (Fsp3) is 0.400. The Morgan fingerprint density at radius 2 is 2.20 bits per heavy atom. The third-order valence-electron chi connectivity index (χ3n) is 2.67. The second-order valence-corrected chi connectivity index (χ2v) is 5.07. The van der Waals surface area contributed by atoms with Gasteiger partial charge in [0, 0.05) is 9.75 Å². The maximum absolute atomic E-state index is 12.1. The summed E-state index contributed by atoms with van der Waals surface area (Å²) in [4.78, 5) is 18.6. The molecule has 0 saturated heterocycles. The fourth-order valence-electron chi connectivity index (χ4n) is 1.97. The molecule has 3 rings (SSSR count). The standard InChI is InChI=1S/C10H10N2O2S/c1-5-7-8(6(2)15-5)11-10-12(9(7)13)3-4-14-10/h3-4H2,1-2H3. The van der Waals surface area contributed by atoms with Gasteiger partial charge >= 0.3 is 0 Å². The zero-order valence-corrected chi connectivity index (χ0v) is 9.35. The van der Waals surface area contributed by atoms with Crippen molar-refractivity contribution in [1.82, 2.24) is 9.55 Å². The number of aromatic nitrogens is 2. The highest BCUT2D eigenvalue weighted by molar-refractivity contribution is 7.13. The van der Waals surface area contributed by atoms with Gasteiger partial charge in [-0.05, 0) is 13.8 Å². The van der Waals surface area contributed by atoms with Crippen molar-refractivity contribution in [2.45, 2.75) is 20.4 Å². The summed E-state index contributed by atoms with van der Waals surface area (Å²) in [7, 11) is 0. The molecule has 0 spiro atoms. The number of ether oxygens (including phenoxy) is 1. The highest BCUT2D eigenvalue weighted by Crippen LogP contribution is 2.28. The van der Waals surface area contributed by atoms with E-state index in [1.54, 1.807) is 15.9 Å². The summed E-state index contributed by atoms with van der Waals surface area (Å²) >= 11 is 1.62. The smallest absolute Gasteiger partial charge is 0.299 e. The van der Waals surface area contributed by atoms with Gasteiger partial charge in [-0.2, -0.15) is 4.98 Å². The minimum absolute atomic E-state index is 0.0364. The first-order valence-corrected chi connectivity index (χ1v) is 5.63. The molecule has 3 heterocycles. The van der Waals surface area contributed by atoms with Gasteiger partial charge in [-0.15, -0.1) is 11.3 Å². The highest BCUT2D eigenvalue weighted by Gasteiger charge is 2.20. The zero-order chi connectivity index (χ0) is 10.6. The molecule has 2 aromatic rings. The van der Waals surface area contributed by atoms with Crippen LogP contribution in [0.4, 0.5) is 0 Å². The van der Waals surface area contributed by atoms with Crippen molar-refractivity contribution in [3.8, 4) is 6.01 Å². The predicted octanol–water partition coefficient (Wildman–Crippen LogP) is 1.47. The molecular formula is C10H10N2O2S. The van der Waals surface area contributed by atoms with E-state index < -0.39 is 0 Å². The first-order chi connectivity index (χ1) is 7.18. The molecule has 1 aliphatic heterocycles. The minimum Gasteiger partial charge on any atom is -0.463 e. The monoisotopic (exact) mass is 222 g/mol. The molecule has 15 heavy (non-hydrogen) atoms. The molecule has 0 N–H and O–H groups in total. The number of thiophene rings is 1. The Kier molecular flexibility index (Phi) is 1.68. The molecule has 0 radical (unpaired) electrons. The van der Waals surface area contributed by atoms with E-state index in [1.807, 2.05) is 13.8 Å². The summed E-state index contributed by atoms with van der Waals surface area (Å²) in [6.07, 6.45) is 0. The van der Waals surface area contributed by atoms with Gasteiger partial charge in [-0.25, -0.2) is 0 Å². The number of hydrogen-bond donors (Lipinski definition) is 0. The third kappa shape index (κ3) is 1.07. The second kappa shape index (κ2) is 2.82. The number of hydrogen-bond acceptors (Lipinski definition) is 4. The minimum atomic E-state index is 0.0364. The highest BCUT2D eigenvalue weighted by atomic mass is 32.1. The van der Waals surface area contributed by atoms with Crippen molar-refractivity contribution in [3.05, 3.63) is 20.1 Å². The Balaban J connectivity index is 2.54. The van der Waals surface area contributed by atoms with E-state index in [9.17, 15) is 4.79 Å². The van der Waals surface area contributed by atoms with Crippen LogP contribution in [0, 0.1) is 13.8 Å². The van der Waals surface area contributed by atoms with E-state index in [4.69, 9.17) is 4.74 Å². The Labute approximate surface area is 90.1 Å². The molecule has 78 valence electrons. The van der Waals surface area contributed by atoms with Crippen LogP contribution < -0.4 is 10.3 Å². The first kappa shape index (κ1) is 8.91. The van der Waals surface area contributed by atoms with E-state index in [1.165, 1.54) is 0 Å². The third-order valence-corrected chi connectivity index (χ3v) is 3.68. The molecule has 2 aromatic heterocycles. The van der Waals surface area contributed by atoms with Gasteiger partial charge in [0.25, 0.3) is 11.6 Å². The number of aryl methyl sites for hydroxylation is 2. The van der Waals surface area contributed by atoms with E-state index >= 15 is 0 Å². The molecule has 0 fully saturated rings. The average molecular weight is 222 g/mol. The average Bonchev–Trinajstić information content (AvgIpc) is 2.73. The lowest BCUT2D eigenvalue weighted by atomic mass is 10.3. The Hall–Kier alpha value is -1.36. The predicted molar refractivity (Wildman–Crippen MR) is 58.8 cm³/mol. The van der Waals surface area contributed by atoms with Crippen LogP contribution in [0.2, 0.25) is 0 Å². The Bertz CT molecular complexity index is 612. The zero-order valence-electron chi connectivity index (χ0n) is 8.53. The Morgan fingerprint density at radius 1 is 1.40 bits per heavy atom. The molecule has 0 amide bonds. The second-order valence-electron chi connectivity index (χ2n) is 3.64. The molecule has 0 bridgehead atoms. The molecule has 0 saturated carbocycles. The number of fused-ring (bicyclic) bond motifs is 2. The van der Waals surface area contributed by atoms with Gasteiger partial charge < -0.3 is 4.74 Å². The van der Waals surface area contributed by atoms with Gasteiger partial charge in [0.05, 0.1) is 17.4 Å². The van der Waals surface area contributed by atoms with Gasteiger partial charge in [0.2, 0.25) is 0 Å². The lowest BCUT2D eigenvalue weighted by molar-refractivity contribution is 0.345. The van der Waals surface area contributed by atoms with Gasteiger partial charge in [-0.1, -0.05) is 0 Å². The van der Waals surface area contributed by atoms with Crippen LogP contribution in [0.1, 0.15) is 9.75 Å². The van der Waals surface area contributed by atoms with Crippen molar-refractivity contribution in [2.75, 3.05) is 6.61 Å². The van der Waals surface area contributed by atoms with Crippen LogP contribution in [0.3, 0.4) is 0 Å². The van der Waals surface area contributed by atoms with Crippen LogP contribution in [-0.4, -0.2) is 16.2 Å². The molecule has 0 unspecified atom stereocenters. The van der Waals surface area contributed by atoms with E-state index in [0.29, 0.717) is 19.2 Å². The molecule has 0 atom stereocenters. The van der Waals surface area contributed by atoms with Crippen molar-refractivity contribution < 1.29 is 4.74 Å². The van der Waals surface area contributed by atoms with Crippen LogP contribution in [0.5, 0.6) is 6.01 Å². The molecule has 0 aliphatic carbocycles. The van der Waals surface area contributed by atoms with E-state index in [0.717, 1.165) is 20.7 Å². The quantitative estimate of drug-likeness (QED) is 0.678. The fourth-order valence-corrected chi connectivity index (χ4v) is 2.96. The molecular weight excluding hydrogens is 212 g/mol. The molecule has 0 aromatic carbocycles. The van der Waals surface area contributed by atoms with Crippen LogP contribution in [0.25, 0.3) is 10.9 Å². The SMILES string of the molecule is Cc1sc(C)c2c(=O)n3c(nc12)OCC3. The summed E-state index contributed by atoms with van der Waals surface area (Å²) in [6, 6.07) is 0.466. The molecule has 1 aliphatic rings. The van der Waals surface area contributed by atoms with Crippen LogP contribution >= 0.6 is 11.3 Å². The maximum atomic E-state index is 12.1. The molecule has 4 nitrogen and oxygen atoms in total. The van der Waals surface area contributed by atoms with Crippen molar-refractivity contribution in [2.24, 2.45) is 0 Å². The van der Waals surface area contributed by atoms with Gasteiger partial charge in [0.15, 0.2) is 0 Å². The first-order valence-electron chi connectivity index (χ1n) is 4.82. The summed E-state index contributed by atoms with van der Waals surface area (Å²) in [6.45, 7) is 5.12. The van der Waals surface area contributed by atoms with Gasteiger partial charge in [0.1, 0.15) is 6.61 Å². The Morgan fingerprint density at radius 3 is 3.00 bits per heavy atom. The van der Waals surface area contributed by atoms with Crippen molar-refractivity contribution in [3.63, 3.8) is 0 Å². The summed E-state index contributed by atoms with van der Waals surface area (Å²) in [5, 5.41) is 0.756. The van der Waals surface area contributed by atoms with Crippen LogP contribution in [-0.2, 0) is 6.54 Å². The van der Waals surface area contributed by atoms with Crippen molar-refractivity contribution >= 4 is 22.2 Å². The summed E-state index contributed by atoms with van der Waals surface area (Å²) in [5.41, 5.74) is 0.838. The van der Waals surface area contributed by atoms with Gasteiger partial charge in [-0.3, -0.25) is 9.36 Å². The van der Waals surface area contributed by atoms with Crippen molar-refractivity contribution in [1.29, 1.82) is 0 Å². The number of rotatable bonds is 0. The van der Waals surface area contributed by atoms with E-state index in [2.05, 4.69) is 4.98 Å². The largest absolute Gasteiger partial charge is 0.463 e. The van der Waals surface area contributed by atoms with E-state index in [-0.39, 0.29) is 5.56 Å². The lowest BCUT2D eigenvalue weighted by Crippen LogP contribution is -2.18. The summed E-state index contributed by atoms with van der Waals surface area (Å²) in [5.74, 6) is 0. The normalized spacial score (nSPS) is 14.3. The molecule has 5 heteroatoms. The van der Waals surface area contributed by atoms with Crippen LogP contribution in [0.15, 0.2) is 4.79 Å². The summed E-state index contributed by atoms with van der Waals surface area (Å²) < 4.78 is 6.92.